The molecule has 2 heterocycles. The molecule has 0 aliphatic rings. The summed E-state index contributed by atoms with van der Waals surface area (Å²) in [6, 6.07) is 11.2. The topological polar surface area (TPSA) is 51.8 Å². The Hall–Kier alpha value is -1.75. The van der Waals surface area contributed by atoms with Gasteiger partial charge in [0.15, 0.2) is 0 Å². The number of thiazole rings is 1. The molecule has 5 heteroatoms. The van der Waals surface area contributed by atoms with Crippen molar-refractivity contribution < 1.29 is 0 Å². The van der Waals surface area contributed by atoms with E-state index >= 15 is 0 Å². The summed E-state index contributed by atoms with van der Waals surface area (Å²) in [5.41, 5.74) is 9.20. The average Bonchev–Trinajstić information content (AvgIpc) is 2.98. The molecule has 3 nitrogen and oxygen atoms in total. The van der Waals surface area contributed by atoms with Crippen LogP contribution in [0.15, 0.2) is 54.2 Å². The number of rotatable bonds is 3. The molecule has 3 rings (SSSR count). The van der Waals surface area contributed by atoms with Gasteiger partial charge in [-0.2, -0.15) is 0 Å². The lowest BCUT2D eigenvalue weighted by Crippen LogP contribution is -2.11. The maximum absolute atomic E-state index is 6.23. The third-order valence-corrected chi connectivity index (χ3v) is 4.17. The number of benzene rings is 1. The molecule has 20 heavy (non-hydrogen) atoms. The molecule has 2 aromatic heterocycles. The lowest BCUT2D eigenvalue weighted by Gasteiger charge is -2.07. The smallest absolute Gasteiger partial charge is 0.115 e. The largest absolute Gasteiger partial charge is 0.318 e. The molecule has 0 fully saturated rings. The maximum atomic E-state index is 6.23. The van der Waals surface area contributed by atoms with Crippen LogP contribution in [0.2, 0.25) is 5.02 Å². The second kappa shape index (κ2) is 5.71. The molecule has 1 aromatic carbocycles. The van der Waals surface area contributed by atoms with Gasteiger partial charge in [0.2, 0.25) is 0 Å². The quantitative estimate of drug-likeness (QED) is 0.798. The van der Waals surface area contributed by atoms with E-state index < -0.39 is 0 Å². The molecule has 0 radical (unpaired) electrons. The van der Waals surface area contributed by atoms with E-state index in [4.69, 9.17) is 17.3 Å². The van der Waals surface area contributed by atoms with Crippen molar-refractivity contribution in [2.24, 2.45) is 5.73 Å². The summed E-state index contributed by atoms with van der Waals surface area (Å²) < 4.78 is 0. The van der Waals surface area contributed by atoms with E-state index in [1.54, 1.807) is 23.7 Å². The molecule has 0 amide bonds. The van der Waals surface area contributed by atoms with E-state index in [-0.39, 0.29) is 6.04 Å². The van der Waals surface area contributed by atoms with Gasteiger partial charge in [0.1, 0.15) is 5.01 Å². The molecule has 2 N–H and O–H groups in total. The van der Waals surface area contributed by atoms with Crippen molar-refractivity contribution >= 4 is 22.9 Å². The van der Waals surface area contributed by atoms with Gasteiger partial charge in [-0.15, -0.1) is 11.3 Å². The molecule has 3 aromatic rings. The number of nitrogens with zero attached hydrogens (tertiary/aromatic N) is 2. The average molecular weight is 302 g/mol. The SMILES string of the molecule is NC(c1ccncc1)c1nc(-c2ccc(Cl)cc2)cs1. The van der Waals surface area contributed by atoms with Crippen LogP contribution in [0.5, 0.6) is 0 Å². The van der Waals surface area contributed by atoms with Crippen molar-refractivity contribution in [3.8, 4) is 11.3 Å². The monoisotopic (exact) mass is 301 g/mol. The number of nitrogens with two attached hydrogens (primary N) is 1. The molecule has 1 atom stereocenters. The molecule has 0 spiro atoms. The first-order chi connectivity index (χ1) is 9.74. The fourth-order valence-electron chi connectivity index (χ4n) is 1.90. The Labute approximate surface area is 126 Å². The molecule has 1 unspecified atom stereocenters. The molecule has 0 saturated carbocycles. The minimum Gasteiger partial charge on any atom is -0.318 e. The van der Waals surface area contributed by atoms with E-state index in [2.05, 4.69) is 9.97 Å². The summed E-state index contributed by atoms with van der Waals surface area (Å²) in [6.45, 7) is 0. The fourth-order valence-corrected chi connectivity index (χ4v) is 2.88. The van der Waals surface area contributed by atoms with Crippen LogP contribution in [0, 0.1) is 0 Å². The van der Waals surface area contributed by atoms with Crippen LogP contribution < -0.4 is 5.73 Å². The van der Waals surface area contributed by atoms with Gasteiger partial charge in [-0.3, -0.25) is 4.98 Å². The second-order valence-electron chi connectivity index (χ2n) is 4.34. The van der Waals surface area contributed by atoms with Gasteiger partial charge in [0.05, 0.1) is 11.7 Å². The Bertz CT molecular complexity index is 695. The van der Waals surface area contributed by atoms with Gasteiger partial charge in [-0.1, -0.05) is 23.7 Å². The minimum atomic E-state index is -0.218. The third kappa shape index (κ3) is 2.72. The first-order valence-electron chi connectivity index (χ1n) is 6.11. The Morgan fingerprint density at radius 1 is 1.05 bits per heavy atom. The number of hydrogen-bond donors (Lipinski definition) is 1. The highest BCUT2D eigenvalue weighted by Gasteiger charge is 2.13. The first kappa shape index (κ1) is 13.2. The summed E-state index contributed by atoms with van der Waals surface area (Å²) in [6.07, 6.45) is 3.48. The predicted octanol–water partition coefficient (Wildman–Crippen LogP) is 3.91. The van der Waals surface area contributed by atoms with E-state index in [1.807, 2.05) is 41.8 Å². The van der Waals surface area contributed by atoms with Crippen molar-refractivity contribution in [3.63, 3.8) is 0 Å². The van der Waals surface area contributed by atoms with Crippen LogP contribution in [0.1, 0.15) is 16.6 Å². The lowest BCUT2D eigenvalue weighted by atomic mass is 10.1. The van der Waals surface area contributed by atoms with Crippen molar-refractivity contribution in [2.75, 3.05) is 0 Å². The van der Waals surface area contributed by atoms with Gasteiger partial charge in [0.25, 0.3) is 0 Å². The van der Waals surface area contributed by atoms with Crippen molar-refractivity contribution in [1.29, 1.82) is 0 Å². The molecule has 100 valence electrons. The van der Waals surface area contributed by atoms with Gasteiger partial charge in [0, 0.05) is 28.4 Å². The standard InChI is InChI=1S/C15H12ClN3S/c16-12-3-1-10(2-4-12)13-9-20-15(19-13)14(17)11-5-7-18-8-6-11/h1-9,14H,17H2. The summed E-state index contributed by atoms with van der Waals surface area (Å²) in [5.74, 6) is 0. The van der Waals surface area contributed by atoms with Gasteiger partial charge in [-0.25, -0.2) is 4.98 Å². The third-order valence-electron chi connectivity index (χ3n) is 2.99. The predicted molar refractivity (Wildman–Crippen MR) is 82.8 cm³/mol. The van der Waals surface area contributed by atoms with Crippen molar-refractivity contribution in [3.05, 3.63) is 69.8 Å². The second-order valence-corrected chi connectivity index (χ2v) is 5.66. The van der Waals surface area contributed by atoms with E-state index in [0.29, 0.717) is 0 Å². The van der Waals surface area contributed by atoms with Crippen LogP contribution in [0.4, 0.5) is 0 Å². The minimum absolute atomic E-state index is 0.218. The molecule has 0 aliphatic heterocycles. The van der Waals surface area contributed by atoms with Gasteiger partial charge in [-0.05, 0) is 29.8 Å². The number of pyridine rings is 1. The zero-order valence-electron chi connectivity index (χ0n) is 10.5. The van der Waals surface area contributed by atoms with E-state index in [9.17, 15) is 0 Å². The Morgan fingerprint density at radius 2 is 1.75 bits per heavy atom. The fraction of sp³-hybridized carbons (Fsp3) is 0.0667. The zero-order valence-corrected chi connectivity index (χ0v) is 12.1. The number of aromatic nitrogens is 2. The van der Waals surface area contributed by atoms with Crippen molar-refractivity contribution in [1.82, 2.24) is 9.97 Å². The summed E-state index contributed by atoms with van der Waals surface area (Å²) in [7, 11) is 0. The summed E-state index contributed by atoms with van der Waals surface area (Å²) >= 11 is 7.45. The highest BCUT2D eigenvalue weighted by Crippen LogP contribution is 2.28. The molecule has 0 aliphatic carbocycles. The highest BCUT2D eigenvalue weighted by molar-refractivity contribution is 7.10. The maximum Gasteiger partial charge on any atom is 0.115 e. The number of halogens is 1. The lowest BCUT2D eigenvalue weighted by molar-refractivity contribution is 0.855. The summed E-state index contributed by atoms with van der Waals surface area (Å²) in [4.78, 5) is 8.61. The van der Waals surface area contributed by atoms with Gasteiger partial charge < -0.3 is 5.73 Å². The van der Waals surface area contributed by atoms with Crippen LogP contribution in [-0.2, 0) is 0 Å². The van der Waals surface area contributed by atoms with Crippen LogP contribution >= 0.6 is 22.9 Å². The van der Waals surface area contributed by atoms with Crippen molar-refractivity contribution in [2.45, 2.75) is 6.04 Å². The molecule has 0 saturated heterocycles. The highest BCUT2D eigenvalue weighted by atomic mass is 35.5. The van der Waals surface area contributed by atoms with E-state index in [1.165, 1.54) is 0 Å². The van der Waals surface area contributed by atoms with Gasteiger partial charge >= 0.3 is 0 Å². The van der Waals surface area contributed by atoms with E-state index in [0.717, 1.165) is 26.9 Å². The Kier molecular flexibility index (Phi) is 3.78. The van der Waals surface area contributed by atoms with Crippen LogP contribution in [0.3, 0.4) is 0 Å². The Balaban J connectivity index is 1.89. The Morgan fingerprint density at radius 3 is 2.45 bits per heavy atom. The first-order valence-corrected chi connectivity index (χ1v) is 7.36. The number of hydrogen-bond acceptors (Lipinski definition) is 4. The van der Waals surface area contributed by atoms with Crippen LogP contribution in [-0.4, -0.2) is 9.97 Å². The normalized spacial score (nSPS) is 12.3. The zero-order chi connectivity index (χ0) is 13.9. The molecule has 0 bridgehead atoms. The molecular formula is C15H12ClN3S. The van der Waals surface area contributed by atoms with Crippen LogP contribution in [0.25, 0.3) is 11.3 Å². The summed E-state index contributed by atoms with van der Waals surface area (Å²) in [5, 5.41) is 3.62. The molecular weight excluding hydrogens is 290 g/mol.